The van der Waals surface area contributed by atoms with E-state index in [1.807, 2.05) is 6.07 Å². The number of aromatic nitrogens is 2. The van der Waals surface area contributed by atoms with E-state index in [1.54, 1.807) is 6.20 Å². The molecule has 0 unspecified atom stereocenters. The normalized spacial score (nSPS) is 21.2. The Balaban J connectivity index is 1.35. The number of para-hydroxylation sites is 1. The summed E-state index contributed by atoms with van der Waals surface area (Å²) in [5, 5.41) is 6.78. The first-order chi connectivity index (χ1) is 20.2. The van der Waals surface area contributed by atoms with E-state index in [4.69, 9.17) is 39.7 Å². The lowest BCUT2D eigenvalue weighted by Gasteiger charge is -2.35. The summed E-state index contributed by atoms with van der Waals surface area (Å²) in [6, 6.07) is 13.1. The van der Waals surface area contributed by atoms with Gasteiger partial charge in [0.1, 0.15) is 5.69 Å². The second-order valence-corrected chi connectivity index (χ2v) is 11.8. The third kappa shape index (κ3) is 7.60. The minimum absolute atomic E-state index is 0.0454. The largest absolute Gasteiger partial charge is 0.369 e. The maximum atomic E-state index is 14.5. The molecule has 6 N–H and O–H groups in total. The number of carbonyl (C=O) groups is 1. The molecule has 2 aliphatic rings. The molecule has 3 aromatic rings. The molecule has 0 bridgehead atoms. The Morgan fingerprint density at radius 3 is 2.57 bits per heavy atom. The van der Waals surface area contributed by atoms with Gasteiger partial charge in [-0.3, -0.25) is 4.79 Å². The van der Waals surface area contributed by atoms with Gasteiger partial charge in [0, 0.05) is 35.8 Å². The van der Waals surface area contributed by atoms with Gasteiger partial charge in [0.15, 0.2) is 11.8 Å². The summed E-state index contributed by atoms with van der Waals surface area (Å²) < 4.78 is 14.5. The highest BCUT2D eigenvalue weighted by Crippen LogP contribution is 2.34. The SMILES string of the molecule is NC(=O)C1CCC(Cc2nc(N[C@@H]3CCCN(c4ccccc4)C3)ncc2NC(N)=Nc2c(F)cc(Cl)cc2Cl)CC1. The average Bonchev–Trinajstić information content (AvgIpc) is 2.97. The maximum Gasteiger partial charge on any atom is 0.223 e. The Labute approximate surface area is 254 Å². The number of guanidine groups is 1. The molecule has 1 saturated heterocycles. The number of primary amides is 1. The van der Waals surface area contributed by atoms with Crippen molar-refractivity contribution in [2.45, 2.75) is 51.0 Å². The number of anilines is 3. The summed E-state index contributed by atoms with van der Waals surface area (Å²) in [6.45, 7) is 1.84. The molecule has 0 spiro atoms. The van der Waals surface area contributed by atoms with Gasteiger partial charge in [-0.25, -0.2) is 19.4 Å². The molecule has 1 aliphatic heterocycles. The lowest BCUT2D eigenvalue weighted by atomic mass is 9.79. The van der Waals surface area contributed by atoms with Gasteiger partial charge in [-0.2, -0.15) is 0 Å². The van der Waals surface area contributed by atoms with Gasteiger partial charge >= 0.3 is 0 Å². The van der Waals surface area contributed by atoms with Crippen LogP contribution < -0.4 is 27.0 Å². The number of hydrogen-bond donors (Lipinski definition) is 4. The number of carbonyl (C=O) groups excluding carboxylic acids is 1. The molecule has 5 rings (SSSR count). The summed E-state index contributed by atoms with van der Waals surface area (Å²) >= 11 is 12.0. The van der Waals surface area contributed by atoms with Crippen molar-refractivity contribution in [3.8, 4) is 0 Å². The van der Waals surface area contributed by atoms with Crippen LogP contribution >= 0.6 is 23.2 Å². The molecule has 1 atom stereocenters. The van der Waals surface area contributed by atoms with E-state index >= 15 is 0 Å². The van der Waals surface area contributed by atoms with Gasteiger partial charge in [0.05, 0.1) is 22.6 Å². The predicted molar refractivity (Wildman–Crippen MR) is 167 cm³/mol. The van der Waals surface area contributed by atoms with Crippen molar-refractivity contribution in [3.05, 3.63) is 70.2 Å². The molecule has 0 radical (unpaired) electrons. The van der Waals surface area contributed by atoms with Crippen LogP contribution in [0, 0.1) is 17.7 Å². The number of hydrogen-bond acceptors (Lipinski definition) is 6. The molecule has 9 nitrogen and oxygen atoms in total. The fourth-order valence-corrected chi connectivity index (χ4v) is 6.26. The van der Waals surface area contributed by atoms with Gasteiger partial charge in [0.2, 0.25) is 11.9 Å². The first-order valence-electron chi connectivity index (χ1n) is 14.2. The lowest BCUT2D eigenvalue weighted by Crippen LogP contribution is -2.42. The van der Waals surface area contributed by atoms with E-state index in [9.17, 15) is 9.18 Å². The molecule has 1 aromatic heterocycles. The topological polar surface area (TPSA) is 135 Å². The summed E-state index contributed by atoms with van der Waals surface area (Å²) in [6.07, 6.45) is 7.62. The highest BCUT2D eigenvalue weighted by molar-refractivity contribution is 6.36. The second kappa shape index (κ2) is 13.6. The molecule has 1 aliphatic carbocycles. The number of piperidine rings is 1. The Morgan fingerprint density at radius 2 is 1.86 bits per heavy atom. The van der Waals surface area contributed by atoms with Gasteiger partial charge < -0.3 is 27.0 Å². The monoisotopic (exact) mass is 612 g/mol. The number of nitrogens with zero attached hydrogens (tertiary/aromatic N) is 4. The van der Waals surface area contributed by atoms with Crippen LogP contribution in [-0.4, -0.2) is 41.0 Å². The summed E-state index contributed by atoms with van der Waals surface area (Å²) in [5.74, 6) is -0.221. The van der Waals surface area contributed by atoms with Crippen LogP contribution in [0.5, 0.6) is 0 Å². The zero-order valence-corrected chi connectivity index (χ0v) is 24.7. The number of benzene rings is 2. The number of rotatable bonds is 8. The first-order valence-corrected chi connectivity index (χ1v) is 15.0. The summed E-state index contributed by atoms with van der Waals surface area (Å²) in [7, 11) is 0. The van der Waals surface area contributed by atoms with Crippen molar-refractivity contribution >= 4 is 58.1 Å². The zero-order valence-electron chi connectivity index (χ0n) is 23.2. The summed E-state index contributed by atoms with van der Waals surface area (Å²) in [5.41, 5.74) is 14.1. The number of nitrogens with two attached hydrogens (primary N) is 2. The van der Waals surface area contributed by atoms with E-state index in [0.29, 0.717) is 24.0 Å². The molecular weight excluding hydrogens is 578 g/mol. The number of nitrogens with one attached hydrogen (secondary N) is 2. The van der Waals surface area contributed by atoms with Crippen molar-refractivity contribution < 1.29 is 9.18 Å². The van der Waals surface area contributed by atoms with Crippen molar-refractivity contribution in [2.75, 3.05) is 28.6 Å². The zero-order chi connectivity index (χ0) is 29.6. The molecule has 222 valence electrons. The molecule has 2 aromatic carbocycles. The third-order valence-corrected chi connectivity index (χ3v) is 8.46. The van der Waals surface area contributed by atoms with E-state index in [1.165, 1.54) is 11.8 Å². The fourth-order valence-electron chi connectivity index (χ4n) is 5.75. The van der Waals surface area contributed by atoms with E-state index < -0.39 is 5.82 Å². The van der Waals surface area contributed by atoms with Crippen LogP contribution in [0.4, 0.5) is 27.4 Å². The van der Waals surface area contributed by atoms with Crippen LogP contribution in [0.2, 0.25) is 10.0 Å². The van der Waals surface area contributed by atoms with Crippen molar-refractivity contribution in [2.24, 2.45) is 28.3 Å². The van der Waals surface area contributed by atoms with E-state index in [0.717, 1.165) is 63.4 Å². The summed E-state index contributed by atoms with van der Waals surface area (Å²) in [4.78, 5) is 27.7. The Morgan fingerprint density at radius 1 is 1.10 bits per heavy atom. The Hall–Kier alpha value is -3.63. The Kier molecular flexibility index (Phi) is 9.64. The molecule has 42 heavy (non-hydrogen) atoms. The minimum Gasteiger partial charge on any atom is -0.369 e. The van der Waals surface area contributed by atoms with Crippen LogP contribution in [0.15, 0.2) is 53.7 Å². The minimum atomic E-state index is -0.684. The molecule has 2 heterocycles. The molecule has 12 heteroatoms. The van der Waals surface area contributed by atoms with Crippen molar-refractivity contribution in [1.82, 2.24) is 9.97 Å². The van der Waals surface area contributed by atoms with E-state index in [-0.39, 0.29) is 39.6 Å². The van der Waals surface area contributed by atoms with Crippen LogP contribution in [0.1, 0.15) is 44.2 Å². The lowest BCUT2D eigenvalue weighted by molar-refractivity contribution is -0.122. The predicted octanol–water partition coefficient (Wildman–Crippen LogP) is 5.90. The van der Waals surface area contributed by atoms with Crippen LogP contribution in [0.25, 0.3) is 0 Å². The van der Waals surface area contributed by atoms with Crippen LogP contribution in [0.3, 0.4) is 0 Å². The van der Waals surface area contributed by atoms with Crippen molar-refractivity contribution in [1.29, 1.82) is 0 Å². The maximum absolute atomic E-state index is 14.5. The fraction of sp³-hybridized carbons (Fsp3) is 0.400. The molecule has 1 saturated carbocycles. The molecular formula is C30H35Cl2FN8O. The first kappa shape index (κ1) is 29.8. The highest BCUT2D eigenvalue weighted by Gasteiger charge is 2.27. The number of amides is 1. The smallest absolute Gasteiger partial charge is 0.223 e. The van der Waals surface area contributed by atoms with Crippen LogP contribution in [-0.2, 0) is 11.2 Å². The number of halogens is 3. The number of aliphatic imine (C=N–C) groups is 1. The Bertz CT molecular complexity index is 1410. The van der Waals surface area contributed by atoms with E-state index in [2.05, 4.69) is 49.8 Å². The highest BCUT2D eigenvalue weighted by atomic mass is 35.5. The second-order valence-electron chi connectivity index (χ2n) is 11.0. The van der Waals surface area contributed by atoms with Gasteiger partial charge in [0.25, 0.3) is 0 Å². The van der Waals surface area contributed by atoms with Crippen molar-refractivity contribution in [3.63, 3.8) is 0 Å². The molecule has 1 amide bonds. The van der Waals surface area contributed by atoms with Gasteiger partial charge in [-0.1, -0.05) is 41.4 Å². The average molecular weight is 614 g/mol. The standard InChI is InChI=1S/C30H35Cl2FN8O/c31-20-14-23(32)27(24(33)15-20)40-29(35)38-26-16-36-30(39-25(26)13-18-8-10-19(11-9-18)28(34)42)37-21-5-4-12-41(17-21)22-6-2-1-3-7-22/h1-3,6-7,14-16,18-19,21H,4-5,8-13,17H2,(H2,34,42)(H3,35,38,40)(H,36,37,39)/t18?,19?,21-/m1/s1. The van der Waals surface area contributed by atoms with Gasteiger partial charge in [-0.15, -0.1) is 0 Å². The molecule has 2 fully saturated rings. The van der Waals surface area contributed by atoms with Gasteiger partial charge in [-0.05, 0) is 75.1 Å². The third-order valence-electron chi connectivity index (χ3n) is 7.95. The quantitative estimate of drug-likeness (QED) is 0.184.